The third-order valence-electron chi connectivity index (χ3n) is 5.07. The molecule has 6 nitrogen and oxygen atoms in total. The van der Waals surface area contributed by atoms with Gasteiger partial charge in [-0.3, -0.25) is 0 Å². The molecule has 1 atom stereocenters. The zero-order chi connectivity index (χ0) is 19.6. The van der Waals surface area contributed by atoms with Crippen LogP contribution in [0.25, 0.3) is 0 Å². The van der Waals surface area contributed by atoms with Gasteiger partial charge in [-0.15, -0.1) is 0 Å². The van der Waals surface area contributed by atoms with Crippen LogP contribution < -0.4 is 4.90 Å². The molecule has 1 aliphatic rings. The largest absolute Gasteiger partial charge is 0.315 e. The Morgan fingerprint density at radius 3 is 2.37 bits per heavy atom. The van der Waals surface area contributed by atoms with Crippen LogP contribution in [0.1, 0.15) is 36.2 Å². The standard InChI is InChI=1S/C19H27FN4O2S/c1-15-19(27(25,26)23-11-5-4-6-12-23)16(2)24(21-15)14-22(3)13-17-7-9-18(20)10-8-17/h7-10H,4-6,11-14H2,1-3H3/p+1. The number of hydrogen-bond acceptors (Lipinski definition) is 3. The molecule has 8 heteroatoms. The lowest BCUT2D eigenvalue weighted by molar-refractivity contribution is -0.917. The average Bonchev–Trinajstić information content (AvgIpc) is 2.91. The van der Waals surface area contributed by atoms with Gasteiger partial charge in [0.05, 0.1) is 18.4 Å². The second-order valence-corrected chi connectivity index (χ2v) is 9.26. The van der Waals surface area contributed by atoms with Gasteiger partial charge < -0.3 is 4.90 Å². The average molecular weight is 396 g/mol. The van der Waals surface area contributed by atoms with Crippen LogP contribution in [-0.4, -0.2) is 42.6 Å². The first-order chi connectivity index (χ1) is 12.8. The summed E-state index contributed by atoms with van der Waals surface area (Å²) in [6, 6.07) is 6.45. The number of quaternary nitrogens is 1. The lowest BCUT2D eigenvalue weighted by atomic mass is 10.2. The molecule has 1 unspecified atom stereocenters. The Morgan fingerprint density at radius 2 is 1.74 bits per heavy atom. The maximum absolute atomic E-state index is 13.1. The van der Waals surface area contributed by atoms with Gasteiger partial charge in [-0.2, -0.15) is 9.40 Å². The monoisotopic (exact) mass is 395 g/mol. The first-order valence-corrected chi connectivity index (χ1v) is 10.8. The molecule has 1 saturated heterocycles. The molecule has 2 aromatic rings. The van der Waals surface area contributed by atoms with Crippen LogP contribution in [0.5, 0.6) is 0 Å². The van der Waals surface area contributed by atoms with Crippen molar-refractivity contribution in [1.29, 1.82) is 0 Å². The molecule has 1 aliphatic heterocycles. The summed E-state index contributed by atoms with van der Waals surface area (Å²) in [5.74, 6) is -0.248. The molecule has 1 N–H and O–H groups in total. The molecular weight excluding hydrogens is 367 g/mol. The predicted octanol–water partition coefficient (Wildman–Crippen LogP) is 1.49. The first-order valence-electron chi connectivity index (χ1n) is 9.39. The zero-order valence-electron chi connectivity index (χ0n) is 16.2. The van der Waals surface area contributed by atoms with Gasteiger partial charge in [0.15, 0.2) is 6.67 Å². The summed E-state index contributed by atoms with van der Waals surface area (Å²) >= 11 is 0. The summed E-state index contributed by atoms with van der Waals surface area (Å²) < 4.78 is 42.6. The van der Waals surface area contributed by atoms with Crippen molar-refractivity contribution >= 4 is 10.0 Å². The van der Waals surface area contributed by atoms with Gasteiger partial charge >= 0.3 is 0 Å². The fraction of sp³-hybridized carbons (Fsp3) is 0.526. The third-order valence-corrected chi connectivity index (χ3v) is 7.22. The smallest absolute Gasteiger partial charge is 0.246 e. The minimum Gasteiger partial charge on any atom is -0.315 e. The molecule has 0 saturated carbocycles. The molecule has 1 aromatic heterocycles. The first kappa shape index (κ1) is 20.0. The molecule has 3 rings (SSSR count). The Kier molecular flexibility index (Phi) is 5.98. The second-order valence-electron chi connectivity index (χ2n) is 7.38. The van der Waals surface area contributed by atoms with Crippen molar-refractivity contribution in [3.8, 4) is 0 Å². The number of nitrogens with one attached hydrogen (secondary N) is 1. The fourth-order valence-electron chi connectivity index (χ4n) is 3.70. The molecule has 0 radical (unpaired) electrons. The highest BCUT2D eigenvalue weighted by molar-refractivity contribution is 7.89. The molecule has 2 heterocycles. The second kappa shape index (κ2) is 8.08. The van der Waals surface area contributed by atoms with Gasteiger partial charge in [-0.1, -0.05) is 18.6 Å². The Hall–Kier alpha value is -1.77. The molecule has 0 spiro atoms. The summed E-state index contributed by atoms with van der Waals surface area (Å²) in [7, 11) is -1.49. The molecule has 1 aromatic carbocycles. The van der Waals surface area contributed by atoms with Gasteiger partial charge in [0, 0.05) is 18.7 Å². The van der Waals surface area contributed by atoms with Crippen molar-refractivity contribution in [1.82, 2.24) is 14.1 Å². The summed E-state index contributed by atoms with van der Waals surface area (Å²) in [5.41, 5.74) is 2.25. The lowest BCUT2D eigenvalue weighted by Gasteiger charge is -2.26. The van der Waals surface area contributed by atoms with Crippen LogP contribution in [0, 0.1) is 19.7 Å². The number of aryl methyl sites for hydroxylation is 1. The van der Waals surface area contributed by atoms with Crippen molar-refractivity contribution in [2.75, 3.05) is 20.1 Å². The number of hydrogen-bond donors (Lipinski definition) is 1. The SMILES string of the molecule is Cc1nn(C[NH+](C)Cc2ccc(F)cc2)c(C)c1S(=O)(=O)N1CCCCC1. The highest BCUT2D eigenvalue weighted by Crippen LogP contribution is 2.25. The Balaban J connectivity index is 1.77. The number of piperidine rings is 1. The number of benzene rings is 1. The van der Waals surface area contributed by atoms with Gasteiger partial charge in [0.1, 0.15) is 17.3 Å². The van der Waals surface area contributed by atoms with Gasteiger partial charge in [0.25, 0.3) is 0 Å². The van der Waals surface area contributed by atoms with E-state index >= 15 is 0 Å². The maximum atomic E-state index is 13.1. The van der Waals surface area contributed by atoms with E-state index in [1.165, 1.54) is 12.1 Å². The minimum absolute atomic E-state index is 0.248. The Morgan fingerprint density at radius 1 is 1.11 bits per heavy atom. The molecule has 0 amide bonds. The number of aromatic nitrogens is 2. The number of nitrogens with zero attached hydrogens (tertiary/aromatic N) is 3. The van der Waals surface area contributed by atoms with E-state index < -0.39 is 10.0 Å². The van der Waals surface area contributed by atoms with Gasteiger partial charge in [-0.05, 0) is 38.8 Å². The van der Waals surface area contributed by atoms with E-state index in [1.54, 1.807) is 28.0 Å². The molecule has 0 aliphatic carbocycles. The zero-order valence-corrected chi connectivity index (χ0v) is 17.0. The number of halogens is 1. The number of rotatable bonds is 6. The number of sulfonamides is 1. The predicted molar refractivity (Wildman–Crippen MR) is 101 cm³/mol. The molecule has 0 bridgehead atoms. The van der Waals surface area contributed by atoms with Crippen LogP contribution in [0.15, 0.2) is 29.2 Å². The van der Waals surface area contributed by atoms with Crippen molar-refractivity contribution < 1.29 is 17.7 Å². The van der Waals surface area contributed by atoms with E-state index in [4.69, 9.17) is 0 Å². The van der Waals surface area contributed by atoms with Crippen LogP contribution in [0.4, 0.5) is 4.39 Å². The Bertz CT molecular complexity index is 887. The van der Waals surface area contributed by atoms with E-state index in [-0.39, 0.29) is 5.82 Å². The topological polar surface area (TPSA) is 59.6 Å². The third kappa shape index (κ3) is 4.39. The van der Waals surface area contributed by atoms with Crippen molar-refractivity contribution in [3.63, 3.8) is 0 Å². The summed E-state index contributed by atoms with van der Waals surface area (Å²) in [6.45, 7) is 5.99. The lowest BCUT2D eigenvalue weighted by Crippen LogP contribution is -3.07. The summed E-state index contributed by atoms with van der Waals surface area (Å²) in [6.07, 6.45) is 2.91. The van der Waals surface area contributed by atoms with E-state index in [0.29, 0.717) is 42.6 Å². The normalized spacial score (nSPS) is 17.2. The Labute approximate surface area is 160 Å². The van der Waals surface area contributed by atoms with Crippen molar-refractivity contribution in [3.05, 3.63) is 47.0 Å². The van der Waals surface area contributed by atoms with Crippen LogP contribution in [-0.2, 0) is 23.2 Å². The molecular formula is C19H28FN4O2S+. The summed E-state index contributed by atoms with van der Waals surface area (Å²) in [4.78, 5) is 1.48. The van der Waals surface area contributed by atoms with Gasteiger partial charge in [0.2, 0.25) is 10.0 Å². The quantitative estimate of drug-likeness (QED) is 0.806. The van der Waals surface area contributed by atoms with Crippen molar-refractivity contribution in [2.45, 2.75) is 51.2 Å². The highest BCUT2D eigenvalue weighted by Gasteiger charge is 2.32. The minimum atomic E-state index is -3.50. The van der Waals surface area contributed by atoms with E-state index in [1.807, 2.05) is 14.0 Å². The van der Waals surface area contributed by atoms with E-state index in [9.17, 15) is 12.8 Å². The molecule has 1 fully saturated rings. The highest BCUT2D eigenvalue weighted by atomic mass is 32.2. The fourth-order valence-corrected chi connectivity index (χ4v) is 5.59. The van der Waals surface area contributed by atoms with Crippen LogP contribution in [0.2, 0.25) is 0 Å². The van der Waals surface area contributed by atoms with E-state index in [2.05, 4.69) is 5.10 Å². The van der Waals surface area contributed by atoms with Crippen LogP contribution >= 0.6 is 0 Å². The molecule has 27 heavy (non-hydrogen) atoms. The maximum Gasteiger partial charge on any atom is 0.246 e. The molecule has 148 valence electrons. The van der Waals surface area contributed by atoms with Gasteiger partial charge in [-0.25, -0.2) is 17.5 Å². The van der Waals surface area contributed by atoms with E-state index in [0.717, 1.165) is 29.7 Å². The van der Waals surface area contributed by atoms with Crippen molar-refractivity contribution in [2.24, 2.45) is 0 Å². The summed E-state index contributed by atoms with van der Waals surface area (Å²) in [5, 5.41) is 4.50. The van der Waals surface area contributed by atoms with Crippen LogP contribution in [0.3, 0.4) is 0 Å².